The van der Waals surface area contributed by atoms with E-state index >= 15 is 0 Å². The van der Waals surface area contributed by atoms with E-state index in [4.69, 9.17) is 21.3 Å². The van der Waals surface area contributed by atoms with E-state index in [1.807, 2.05) is 35.2 Å². The van der Waals surface area contributed by atoms with E-state index in [1.54, 1.807) is 0 Å². The molecule has 1 aliphatic heterocycles. The molecule has 2 N–H and O–H groups in total. The first-order valence-corrected chi connectivity index (χ1v) is 11.9. The van der Waals surface area contributed by atoms with Crippen molar-refractivity contribution < 1.29 is 40.3 Å². The minimum atomic E-state index is -4.09. The van der Waals surface area contributed by atoms with Gasteiger partial charge in [0, 0.05) is 11.8 Å². The van der Waals surface area contributed by atoms with Crippen LogP contribution in [0, 0.1) is 11.8 Å². The van der Waals surface area contributed by atoms with Crippen LogP contribution in [0.5, 0.6) is 0 Å². The van der Waals surface area contributed by atoms with Crippen molar-refractivity contribution in [2.45, 2.75) is 0 Å². The standard InChI is InChI=1S/C9H18ClNO5S2.C5H11NO2/c1-11(2)3-8(5-17(12,13)7-10)9(4-11)6-18(14,15)16;1-6(2,3)4-5(7)8/h8-9H,3-7H2,1-2H3;4H2,1-3H3/p+2. The van der Waals surface area contributed by atoms with Gasteiger partial charge in [0.25, 0.3) is 10.1 Å². The van der Waals surface area contributed by atoms with E-state index in [0.717, 1.165) is 0 Å². The Morgan fingerprint density at radius 3 is 1.77 bits per heavy atom. The number of sulfone groups is 1. The molecular weight excluding hydrogens is 408 g/mol. The number of hydrogen-bond acceptors (Lipinski definition) is 5. The number of hydrogen-bond donors (Lipinski definition) is 2. The van der Waals surface area contributed by atoms with Crippen LogP contribution in [0.15, 0.2) is 0 Å². The third kappa shape index (κ3) is 12.0. The number of rotatable bonds is 7. The fourth-order valence-corrected chi connectivity index (χ4v) is 5.37. The SMILES string of the molecule is C[N+](C)(C)CC(=O)O.C[N+]1(C)CC(CS(=O)(=O)O)C(CS(=O)(=O)CCl)C1. The van der Waals surface area contributed by atoms with Gasteiger partial charge in [0.2, 0.25) is 0 Å². The summed E-state index contributed by atoms with van der Waals surface area (Å²) in [6, 6.07) is 0. The Balaban J connectivity index is 0.000000660. The molecule has 1 fully saturated rings. The topological polar surface area (TPSA) is 126 Å². The zero-order valence-electron chi connectivity index (χ0n) is 15.9. The molecule has 0 aliphatic carbocycles. The Kier molecular flexibility index (Phi) is 8.99. The maximum atomic E-state index is 11.5. The van der Waals surface area contributed by atoms with Crippen LogP contribution in [-0.2, 0) is 24.7 Å². The van der Waals surface area contributed by atoms with Crippen molar-refractivity contribution in [1.82, 2.24) is 0 Å². The molecular formula is C14H31ClN2O7S2+2. The summed E-state index contributed by atoms with van der Waals surface area (Å²) in [5.74, 6) is -1.91. The molecule has 0 radical (unpaired) electrons. The normalized spacial score (nSPS) is 23.2. The molecule has 9 nitrogen and oxygen atoms in total. The van der Waals surface area contributed by atoms with Gasteiger partial charge in [-0.15, -0.1) is 11.6 Å². The molecule has 26 heavy (non-hydrogen) atoms. The summed E-state index contributed by atoms with van der Waals surface area (Å²) in [6.07, 6.45) is 0. The Bertz CT molecular complexity index is 685. The molecule has 1 rings (SSSR count). The highest BCUT2D eigenvalue weighted by Gasteiger charge is 2.43. The summed E-state index contributed by atoms with van der Waals surface area (Å²) < 4.78 is 54.9. The lowest BCUT2D eigenvalue weighted by molar-refractivity contribution is -0.880. The molecule has 0 bridgehead atoms. The molecule has 1 saturated heterocycles. The van der Waals surface area contributed by atoms with Crippen molar-refractivity contribution >= 4 is 37.5 Å². The van der Waals surface area contributed by atoms with Crippen LogP contribution in [-0.4, -0.2) is 113 Å². The van der Waals surface area contributed by atoms with Gasteiger partial charge in [-0.25, -0.2) is 13.2 Å². The summed E-state index contributed by atoms with van der Waals surface area (Å²) in [5.41, 5.74) is 0. The number of alkyl halides is 1. The Labute approximate surface area is 161 Å². The number of carboxylic acid groups (broad SMARTS) is 1. The molecule has 0 amide bonds. The van der Waals surface area contributed by atoms with Crippen molar-refractivity contribution in [3.8, 4) is 0 Å². The quantitative estimate of drug-likeness (QED) is 0.314. The molecule has 0 aromatic heterocycles. The van der Waals surface area contributed by atoms with E-state index < -0.39 is 36.9 Å². The fraction of sp³-hybridized carbons (Fsp3) is 0.929. The van der Waals surface area contributed by atoms with Crippen LogP contribution >= 0.6 is 11.6 Å². The van der Waals surface area contributed by atoms with Crippen LogP contribution in [0.2, 0.25) is 0 Å². The summed E-state index contributed by atoms with van der Waals surface area (Å²) in [5, 5.41) is 7.77. The number of likely N-dealkylation sites (N-methyl/N-ethyl adjacent to an activating group) is 1. The first kappa shape index (κ1) is 25.5. The van der Waals surface area contributed by atoms with Gasteiger partial charge in [-0.1, -0.05) is 0 Å². The van der Waals surface area contributed by atoms with Crippen molar-refractivity contribution in [3.05, 3.63) is 0 Å². The van der Waals surface area contributed by atoms with Gasteiger partial charge in [0.1, 0.15) is 5.21 Å². The van der Waals surface area contributed by atoms with Crippen molar-refractivity contribution in [1.29, 1.82) is 0 Å². The number of carbonyl (C=O) groups is 1. The van der Waals surface area contributed by atoms with Crippen molar-refractivity contribution in [2.24, 2.45) is 11.8 Å². The average Bonchev–Trinajstić information content (AvgIpc) is 2.58. The molecule has 12 heteroatoms. The van der Waals surface area contributed by atoms with Crippen molar-refractivity contribution in [2.75, 3.05) is 71.6 Å². The second kappa shape index (κ2) is 9.16. The fourth-order valence-electron chi connectivity index (χ4n) is 3.07. The molecule has 0 aromatic carbocycles. The zero-order valence-corrected chi connectivity index (χ0v) is 18.3. The monoisotopic (exact) mass is 438 g/mol. The number of aliphatic carboxylic acids is 1. The smallest absolute Gasteiger partial charge is 0.359 e. The van der Waals surface area contributed by atoms with Gasteiger partial charge in [-0.3, -0.25) is 4.55 Å². The van der Waals surface area contributed by atoms with Crippen LogP contribution in [0.4, 0.5) is 0 Å². The molecule has 156 valence electrons. The van der Waals surface area contributed by atoms with E-state index in [1.165, 1.54) is 0 Å². The van der Waals surface area contributed by atoms with Gasteiger partial charge in [0.15, 0.2) is 16.4 Å². The third-order valence-electron chi connectivity index (χ3n) is 3.79. The maximum Gasteiger partial charge on any atom is 0.359 e. The van der Waals surface area contributed by atoms with Gasteiger partial charge in [0.05, 0.1) is 59.8 Å². The second-order valence-electron chi connectivity index (χ2n) is 8.43. The van der Waals surface area contributed by atoms with Crippen LogP contribution < -0.4 is 0 Å². The third-order valence-corrected chi connectivity index (χ3v) is 6.91. The minimum Gasteiger partial charge on any atom is -0.477 e. The second-order valence-corrected chi connectivity index (χ2v) is 12.6. The zero-order chi connectivity index (χ0) is 21.0. The molecule has 1 heterocycles. The predicted octanol–water partition coefficient (Wildman–Crippen LogP) is -0.415. The summed E-state index contributed by atoms with van der Waals surface area (Å²) in [6.45, 7) is 1.28. The predicted molar refractivity (Wildman–Crippen MR) is 100 cm³/mol. The Morgan fingerprint density at radius 2 is 1.50 bits per heavy atom. The molecule has 2 atom stereocenters. The lowest BCUT2D eigenvalue weighted by Gasteiger charge is -2.23. The summed E-state index contributed by atoms with van der Waals surface area (Å²) >= 11 is 5.36. The van der Waals surface area contributed by atoms with Crippen molar-refractivity contribution in [3.63, 3.8) is 0 Å². The molecule has 0 saturated carbocycles. The first-order valence-electron chi connectivity index (χ1n) is 7.91. The lowest BCUT2D eigenvalue weighted by Crippen LogP contribution is -2.39. The van der Waals surface area contributed by atoms with Gasteiger partial charge >= 0.3 is 5.97 Å². The molecule has 2 unspecified atom stereocenters. The minimum absolute atomic E-state index is 0.127. The average molecular weight is 439 g/mol. The molecule has 1 aliphatic rings. The number of likely N-dealkylation sites (tertiary alicyclic amines) is 1. The number of carboxylic acids is 1. The number of quaternary nitrogens is 2. The highest BCUT2D eigenvalue weighted by atomic mass is 35.5. The van der Waals surface area contributed by atoms with Crippen LogP contribution in [0.1, 0.15) is 0 Å². The largest absolute Gasteiger partial charge is 0.477 e. The Hall–Kier alpha value is -0.460. The highest BCUT2D eigenvalue weighted by molar-refractivity contribution is 7.92. The molecule has 0 spiro atoms. The summed E-state index contributed by atoms with van der Waals surface area (Å²) in [7, 11) is 1.88. The van der Waals surface area contributed by atoms with Gasteiger partial charge in [-0.05, 0) is 0 Å². The number of nitrogens with zero attached hydrogens (tertiary/aromatic N) is 2. The maximum absolute atomic E-state index is 11.5. The molecule has 0 aromatic rings. The number of halogens is 1. The van der Waals surface area contributed by atoms with E-state index in [9.17, 15) is 21.6 Å². The van der Waals surface area contributed by atoms with Crippen LogP contribution in [0.25, 0.3) is 0 Å². The highest BCUT2D eigenvalue weighted by Crippen LogP contribution is 2.29. The summed E-state index contributed by atoms with van der Waals surface area (Å²) in [4.78, 5) is 10.00. The van der Waals surface area contributed by atoms with Gasteiger partial charge in [-0.2, -0.15) is 8.42 Å². The Morgan fingerprint density at radius 1 is 1.08 bits per heavy atom. The van der Waals surface area contributed by atoms with E-state index in [0.29, 0.717) is 22.1 Å². The van der Waals surface area contributed by atoms with E-state index in [2.05, 4.69) is 0 Å². The van der Waals surface area contributed by atoms with E-state index in [-0.39, 0.29) is 24.1 Å². The first-order chi connectivity index (χ1) is 11.4. The lowest BCUT2D eigenvalue weighted by atomic mass is 10.0. The van der Waals surface area contributed by atoms with Gasteiger partial charge < -0.3 is 14.1 Å². The van der Waals surface area contributed by atoms with Crippen LogP contribution in [0.3, 0.4) is 0 Å².